The van der Waals surface area contributed by atoms with Crippen molar-refractivity contribution in [1.82, 2.24) is 4.90 Å². The Morgan fingerprint density at radius 3 is 2.55 bits per heavy atom. The summed E-state index contributed by atoms with van der Waals surface area (Å²) in [7, 11) is 0. The van der Waals surface area contributed by atoms with Gasteiger partial charge in [0.2, 0.25) is 0 Å². The van der Waals surface area contributed by atoms with E-state index in [0.29, 0.717) is 17.7 Å². The lowest BCUT2D eigenvalue weighted by atomic mass is 10.0. The standard InChI is InChI=1S/C17H17NO2/c1-2-3-6-11-18-16(19)14-10-9-12-7-4-5-8-13(12)15(14)17(18)20/h4-5,7-10H,2-3,6,11H2,1H3. The Morgan fingerprint density at radius 2 is 1.75 bits per heavy atom. The molecule has 3 heteroatoms. The number of nitrogens with zero attached hydrogens (tertiary/aromatic N) is 1. The van der Waals surface area contributed by atoms with Crippen LogP contribution < -0.4 is 0 Å². The molecule has 2 amide bonds. The van der Waals surface area contributed by atoms with Crippen LogP contribution in [0.25, 0.3) is 10.8 Å². The fourth-order valence-corrected chi connectivity index (χ4v) is 2.78. The number of hydrogen-bond donors (Lipinski definition) is 0. The van der Waals surface area contributed by atoms with E-state index in [0.717, 1.165) is 30.0 Å². The van der Waals surface area contributed by atoms with E-state index in [1.807, 2.05) is 30.3 Å². The molecule has 1 heterocycles. The molecule has 0 spiro atoms. The molecule has 0 fully saturated rings. The van der Waals surface area contributed by atoms with Crippen molar-refractivity contribution in [1.29, 1.82) is 0 Å². The Balaban J connectivity index is 2.02. The van der Waals surface area contributed by atoms with Gasteiger partial charge in [-0.1, -0.05) is 50.1 Å². The zero-order valence-electron chi connectivity index (χ0n) is 11.6. The summed E-state index contributed by atoms with van der Waals surface area (Å²) in [4.78, 5) is 26.3. The van der Waals surface area contributed by atoms with E-state index in [1.165, 1.54) is 4.90 Å². The molecule has 20 heavy (non-hydrogen) atoms. The van der Waals surface area contributed by atoms with Gasteiger partial charge in [-0.25, -0.2) is 0 Å². The van der Waals surface area contributed by atoms with Crippen molar-refractivity contribution in [2.24, 2.45) is 0 Å². The van der Waals surface area contributed by atoms with Crippen molar-refractivity contribution in [2.75, 3.05) is 6.54 Å². The molecule has 0 radical (unpaired) electrons. The van der Waals surface area contributed by atoms with Gasteiger partial charge < -0.3 is 0 Å². The number of carbonyl (C=O) groups is 2. The number of carbonyl (C=O) groups excluding carboxylic acids is 2. The highest BCUT2D eigenvalue weighted by Crippen LogP contribution is 2.30. The number of fused-ring (bicyclic) bond motifs is 3. The van der Waals surface area contributed by atoms with Crippen molar-refractivity contribution in [3.63, 3.8) is 0 Å². The van der Waals surface area contributed by atoms with Crippen LogP contribution in [0.2, 0.25) is 0 Å². The molecule has 0 saturated carbocycles. The smallest absolute Gasteiger partial charge is 0.262 e. The monoisotopic (exact) mass is 267 g/mol. The van der Waals surface area contributed by atoms with Crippen molar-refractivity contribution < 1.29 is 9.59 Å². The highest BCUT2D eigenvalue weighted by molar-refractivity contribution is 6.26. The topological polar surface area (TPSA) is 37.4 Å². The van der Waals surface area contributed by atoms with Crippen molar-refractivity contribution in [2.45, 2.75) is 26.2 Å². The van der Waals surface area contributed by atoms with Gasteiger partial charge in [0, 0.05) is 6.54 Å². The largest absolute Gasteiger partial charge is 0.274 e. The van der Waals surface area contributed by atoms with E-state index < -0.39 is 0 Å². The van der Waals surface area contributed by atoms with Gasteiger partial charge in [-0.05, 0) is 23.3 Å². The summed E-state index contributed by atoms with van der Waals surface area (Å²) in [5, 5.41) is 1.88. The highest BCUT2D eigenvalue weighted by Gasteiger charge is 2.36. The molecule has 0 bridgehead atoms. The minimum Gasteiger partial charge on any atom is -0.274 e. The molecule has 3 rings (SSSR count). The first-order chi connectivity index (χ1) is 9.74. The molecule has 2 aromatic carbocycles. The van der Waals surface area contributed by atoms with Crippen LogP contribution in [0.1, 0.15) is 46.9 Å². The van der Waals surface area contributed by atoms with E-state index >= 15 is 0 Å². The molecule has 1 aliphatic rings. The predicted molar refractivity (Wildman–Crippen MR) is 78.8 cm³/mol. The van der Waals surface area contributed by atoms with Gasteiger partial charge in [0.05, 0.1) is 11.1 Å². The number of amides is 2. The fraction of sp³-hybridized carbons (Fsp3) is 0.294. The maximum atomic E-state index is 12.5. The summed E-state index contributed by atoms with van der Waals surface area (Å²) in [5.74, 6) is -0.287. The summed E-state index contributed by atoms with van der Waals surface area (Å²) in [6.45, 7) is 2.63. The molecule has 0 aliphatic carbocycles. The maximum absolute atomic E-state index is 12.5. The Morgan fingerprint density at radius 1 is 0.950 bits per heavy atom. The normalized spacial score (nSPS) is 14.2. The number of unbranched alkanes of at least 4 members (excludes halogenated alkanes) is 2. The van der Waals surface area contributed by atoms with E-state index in [-0.39, 0.29) is 11.8 Å². The Hall–Kier alpha value is -2.16. The van der Waals surface area contributed by atoms with E-state index in [9.17, 15) is 9.59 Å². The minimum atomic E-state index is -0.146. The van der Waals surface area contributed by atoms with Crippen LogP contribution in [0.5, 0.6) is 0 Å². The first-order valence-electron chi connectivity index (χ1n) is 7.12. The molecule has 3 nitrogen and oxygen atoms in total. The fourth-order valence-electron chi connectivity index (χ4n) is 2.78. The minimum absolute atomic E-state index is 0.141. The first-order valence-corrected chi connectivity index (χ1v) is 7.12. The average Bonchev–Trinajstić information content (AvgIpc) is 2.72. The lowest BCUT2D eigenvalue weighted by Gasteiger charge is -2.12. The van der Waals surface area contributed by atoms with Gasteiger partial charge in [-0.15, -0.1) is 0 Å². The van der Waals surface area contributed by atoms with Crippen LogP contribution in [0.3, 0.4) is 0 Å². The number of imide groups is 1. The zero-order valence-corrected chi connectivity index (χ0v) is 11.6. The SMILES string of the molecule is CCCCCN1C(=O)c2ccc3ccccc3c2C1=O. The second kappa shape index (κ2) is 5.08. The number of hydrogen-bond acceptors (Lipinski definition) is 2. The molecule has 0 N–H and O–H groups in total. The molecule has 0 aromatic heterocycles. The summed E-state index contributed by atoms with van der Waals surface area (Å²) < 4.78 is 0. The van der Waals surface area contributed by atoms with E-state index in [2.05, 4.69) is 6.92 Å². The van der Waals surface area contributed by atoms with Crippen LogP contribution in [0, 0.1) is 0 Å². The average molecular weight is 267 g/mol. The third-order valence-corrected chi connectivity index (χ3v) is 3.85. The summed E-state index contributed by atoms with van der Waals surface area (Å²) in [6.07, 6.45) is 2.99. The van der Waals surface area contributed by atoms with Crippen LogP contribution in [-0.4, -0.2) is 23.3 Å². The van der Waals surface area contributed by atoms with Crippen molar-refractivity contribution in [3.8, 4) is 0 Å². The van der Waals surface area contributed by atoms with E-state index in [1.54, 1.807) is 6.07 Å². The Kier molecular flexibility index (Phi) is 3.26. The molecule has 0 unspecified atom stereocenters. The number of rotatable bonds is 4. The van der Waals surface area contributed by atoms with Crippen LogP contribution >= 0.6 is 0 Å². The number of benzene rings is 2. The third kappa shape index (κ3) is 1.90. The molecule has 0 saturated heterocycles. The van der Waals surface area contributed by atoms with Gasteiger partial charge in [-0.3, -0.25) is 14.5 Å². The van der Waals surface area contributed by atoms with Crippen molar-refractivity contribution >= 4 is 22.6 Å². The molecule has 102 valence electrons. The predicted octanol–water partition coefficient (Wildman–Crippen LogP) is 3.63. The van der Waals surface area contributed by atoms with Gasteiger partial charge in [0.1, 0.15) is 0 Å². The third-order valence-electron chi connectivity index (χ3n) is 3.85. The lowest BCUT2D eigenvalue weighted by molar-refractivity contribution is 0.0652. The second-order valence-corrected chi connectivity index (χ2v) is 5.18. The van der Waals surface area contributed by atoms with Gasteiger partial charge in [0.25, 0.3) is 11.8 Å². The van der Waals surface area contributed by atoms with Gasteiger partial charge in [0.15, 0.2) is 0 Å². The second-order valence-electron chi connectivity index (χ2n) is 5.18. The van der Waals surface area contributed by atoms with E-state index in [4.69, 9.17) is 0 Å². The van der Waals surface area contributed by atoms with Crippen LogP contribution in [0.4, 0.5) is 0 Å². The molecular weight excluding hydrogens is 250 g/mol. The lowest BCUT2D eigenvalue weighted by Crippen LogP contribution is -2.30. The summed E-state index contributed by atoms with van der Waals surface area (Å²) >= 11 is 0. The van der Waals surface area contributed by atoms with Crippen LogP contribution in [0.15, 0.2) is 36.4 Å². The summed E-state index contributed by atoms with van der Waals surface area (Å²) in [6, 6.07) is 11.4. The van der Waals surface area contributed by atoms with Gasteiger partial charge >= 0.3 is 0 Å². The summed E-state index contributed by atoms with van der Waals surface area (Å²) in [5.41, 5.74) is 1.12. The maximum Gasteiger partial charge on any atom is 0.262 e. The molecular formula is C17H17NO2. The van der Waals surface area contributed by atoms with Gasteiger partial charge in [-0.2, -0.15) is 0 Å². The Labute approximate surface area is 118 Å². The molecule has 1 aliphatic heterocycles. The van der Waals surface area contributed by atoms with Crippen molar-refractivity contribution in [3.05, 3.63) is 47.5 Å². The highest BCUT2D eigenvalue weighted by atomic mass is 16.2. The van der Waals surface area contributed by atoms with Crippen LogP contribution in [-0.2, 0) is 0 Å². The molecule has 0 atom stereocenters. The Bertz CT molecular complexity index is 690. The zero-order chi connectivity index (χ0) is 14.1. The quantitative estimate of drug-likeness (QED) is 0.626. The molecule has 2 aromatic rings. The first kappa shape index (κ1) is 12.9.